The van der Waals surface area contributed by atoms with Crippen molar-refractivity contribution in [2.24, 2.45) is 0 Å². The van der Waals surface area contributed by atoms with Gasteiger partial charge in [-0.3, -0.25) is 0 Å². The van der Waals surface area contributed by atoms with Crippen LogP contribution in [0.3, 0.4) is 0 Å². The van der Waals surface area contributed by atoms with Crippen molar-refractivity contribution < 1.29 is 0 Å². The van der Waals surface area contributed by atoms with Crippen molar-refractivity contribution in [1.82, 2.24) is 14.8 Å². The molecule has 1 heterocycles. The minimum Gasteiger partial charge on any atom is -0.304 e. The summed E-state index contributed by atoms with van der Waals surface area (Å²) in [5.74, 6) is 0. The first kappa shape index (κ1) is 5.76. The average molecular weight is 122 g/mol. The van der Waals surface area contributed by atoms with Gasteiger partial charge in [0, 0.05) is 0 Å². The van der Waals surface area contributed by atoms with Gasteiger partial charge in [-0.25, -0.2) is 0 Å². The molecule has 4 nitrogen and oxygen atoms in total. The summed E-state index contributed by atoms with van der Waals surface area (Å²) < 4.78 is 1.64. The Morgan fingerprint density at radius 3 is 2.56 bits per heavy atom. The molecule has 1 atom stereocenters. The number of hydrogen-bond donors (Lipinski definition) is 0. The zero-order chi connectivity index (χ0) is 6.69. The summed E-state index contributed by atoms with van der Waals surface area (Å²) in [7, 11) is 0. The maximum atomic E-state index is 8.38. The average Bonchev–Trinajstić information content (AvgIpc) is 2.37. The highest BCUT2D eigenvalue weighted by Gasteiger charge is 1.98. The van der Waals surface area contributed by atoms with E-state index in [1.54, 1.807) is 11.5 Å². The van der Waals surface area contributed by atoms with E-state index in [9.17, 15) is 0 Å². The van der Waals surface area contributed by atoms with Crippen molar-refractivity contribution in [2.45, 2.75) is 13.0 Å². The Morgan fingerprint density at radius 1 is 1.56 bits per heavy atom. The molecule has 4 heteroatoms. The predicted molar refractivity (Wildman–Crippen MR) is 30.3 cm³/mol. The molecule has 0 aliphatic carbocycles. The topological polar surface area (TPSA) is 54.5 Å². The largest absolute Gasteiger partial charge is 0.304 e. The summed E-state index contributed by atoms with van der Waals surface area (Å²) in [4.78, 5) is 0. The number of hydrogen-bond acceptors (Lipinski definition) is 3. The van der Waals surface area contributed by atoms with E-state index >= 15 is 0 Å². The third-order valence-electron chi connectivity index (χ3n) is 1.07. The first-order valence-electron chi connectivity index (χ1n) is 2.58. The maximum Gasteiger partial charge on any atom is 0.120 e. The maximum absolute atomic E-state index is 8.38. The molecule has 1 aromatic heterocycles. The van der Waals surface area contributed by atoms with Crippen LogP contribution in [-0.4, -0.2) is 14.8 Å². The lowest BCUT2D eigenvalue weighted by Gasteiger charge is -1.98. The SMILES string of the molecule is CC(C#N)n1cnnc1. The lowest BCUT2D eigenvalue weighted by molar-refractivity contribution is 0.670. The Hall–Kier alpha value is -1.37. The molecule has 0 amide bonds. The number of nitrogens with zero attached hydrogens (tertiary/aromatic N) is 4. The molecule has 46 valence electrons. The van der Waals surface area contributed by atoms with Crippen LogP contribution in [0.1, 0.15) is 13.0 Å². The molecule has 0 saturated carbocycles. The zero-order valence-electron chi connectivity index (χ0n) is 5.02. The fourth-order valence-electron chi connectivity index (χ4n) is 0.475. The second-order valence-corrected chi connectivity index (χ2v) is 1.71. The van der Waals surface area contributed by atoms with Crippen LogP contribution in [0.5, 0.6) is 0 Å². The van der Waals surface area contributed by atoms with Crippen molar-refractivity contribution in [3.63, 3.8) is 0 Å². The molecule has 0 radical (unpaired) electrons. The van der Waals surface area contributed by atoms with Crippen LogP contribution in [0.2, 0.25) is 0 Å². The minimum atomic E-state index is -0.167. The first-order chi connectivity index (χ1) is 4.34. The first-order valence-corrected chi connectivity index (χ1v) is 2.58. The van der Waals surface area contributed by atoms with Crippen molar-refractivity contribution in [1.29, 1.82) is 5.26 Å². The standard InChI is InChI=1S/C5H6N4/c1-5(2-6)9-3-7-8-4-9/h3-5H,1H3. The van der Waals surface area contributed by atoms with Crippen LogP contribution in [0.15, 0.2) is 12.7 Å². The second-order valence-electron chi connectivity index (χ2n) is 1.71. The Bertz CT molecular complexity index is 207. The number of rotatable bonds is 1. The van der Waals surface area contributed by atoms with Crippen LogP contribution < -0.4 is 0 Å². The second kappa shape index (κ2) is 2.27. The van der Waals surface area contributed by atoms with Crippen molar-refractivity contribution in [2.75, 3.05) is 0 Å². The van der Waals surface area contributed by atoms with Crippen LogP contribution >= 0.6 is 0 Å². The summed E-state index contributed by atoms with van der Waals surface area (Å²) in [6.45, 7) is 1.78. The van der Waals surface area contributed by atoms with Gasteiger partial charge >= 0.3 is 0 Å². The highest BCUT2D eigenvalue weighted by molar-refractivity contribution is 4.86. The van der Waals surface area contributed by atoms with E-state index in [0.29, 0.717) is 0 Å². The third kappa shape index (κ3) is 1.05. The molecule has 0 bridgehead atoms. The highest BCUT2D eigenvalue weighted by Crippen LogP contribution is 1.98. The van der Waals surface area contributed by atoms with Gasteiger partial charge in [-0.2, -0.15) is 5.26 Å². The van der Waals surface area contributed by atoms with Crippen LogP contribution in [0.25, 0.3) is 0 Å². The monoisotopic (exact) mass is 122 g/mol. The quantitative estimate of drug-likeness (QED) is 0.540. The van der Waals surface area contributed by atoms with Crippen LogP contribution in [0.4, 0.5) is 0 Å². The normalized spacial score (nSPS) is 12.4. The minimum absolute atomic E-state index is 0.167. The summed E-state index contributed by atoms with van der Waals surface area (Å²) in [5.41, 5.74) is 0. The van der Waals surface area contributed by atoms with E-state index in [0.717, 1.165) is 0 Å². The zero-order valence-corrected chi connectivity index (χ0v) is 5.02. The molecule has 0 aliphatic heterocycles. The Labute approximate surface area is 52.7 Å². The fraction of sp³-hybridized carbons (Fsp3) is 0.400. The Kier molecular flexibility index (Phi) is 1.45. The molecular formula is C5H6N4. The summed E-state index contributed by atoms with van der Waals surface area (Å²) >= 11 is 0. The molecular weight excluding hydrogens is 116 g/mol. The van der Waals surface area contributed by atoms with E-state index in [2.05, 4.69) is 16.3 Å². The molecule has 1 aromatic rings. The molecule has 1 unspecified atom stereocenters. The van der Waals surface area contributed by atoms with Crippen molar-refractivity contribution in [3.05, 3.63) is 12.7 Å². The van der Waals surface area contributed by atoms with Gasteiger partial charge in [0.05, 0.1) is 6.07 Å². The molecule has 0 fully saturated rings. The summed E-state index contributed by atoms with van der Waals surface area (Å²) in [5, 5.41) is 15.5. The third-order valence-corrected chi connectivity index (χ3v) is 1.07. The lowest BCUT2D eigenvalue weighted by atomic mass is 10.4. The van der Waals surface area contributed by atoms with E-state index in [1.807, 2.05) is 0 Å². The van der Waals surface area contributed by atoms with Crippen LogP contribution in [0, 0.1) is 11.3 Å². The number of nitriles is 1. The van der Waals surface area contributed by atoms with Gasteiger partial charge in [-0.1, -0.05) is 0 Å². The molecule has 0 aliphatic rings. The lowest BCUT2D eigenvalue weighted by Crippen LogP contribution is -1.97. The van der Waals surface area contributed by atoms with Crippen LogP contribution in [-0.2, 0) is 0 Å². The van der Waals surface area contributed by atoms with Gasteiger partial charge in [0.1, 0.15) is 18.7 Å². The number of aromatic nitrogens is 3. The highest BCUT2D eigenvalue weighted by atomic mass is 15.2. The van der Waals surface area contributed by atoms with E-state index in [4.69, 9.17) is 5.26 Å². The molecule has 0 aromatic carbocycles. The van der Waals surface area contributed by atoms with Gasteiger partial charge in [-0.15, -0.1) is 10.2 Å². The van der Waals surface area contributed by atoms with E-state index < -0.39 is 0 Å². The van der Waals surface area contributed by atoms with E-state index in [1.165, 1.54) is 12.7 Å². The molecule has 1 rings (SSSR count). The van der Waals surface area contributed by atoms with Gasteiger partial charge < -0.3 is 4.57 Å². The molecule has 0 saturated heterocycles. The molecule has 0 spiro atoms. The summed E-state index contributed by atoms with van der Waals surface area (Å²) in [6.07, 6.45) is 3.04. The predicted octanol–water partition coefficient (Wildman–Crippen LogP) is 0.363. The smallest absolute Gasteiger partial charge is 0.120 e. The fourth-order valence-corrected chi connectivity index (χ4v) is 0.475. The van der Waals surface area contributed by atoms with Gasteiger partial charge in [0.15, 0.2) is 0 Å². The molecule has 0 N–H and O–H groups in total. The molecule has 9 heavy (non-hydrogen) atoms. The van der Waals surface area contributed by atoms with Crippen molar-refractivity contribution in [3.8, 4) is 6.07 Å². The van der Waals surface area contributed by atoms with E-state index in [-0.39, 0.29) is 6.04 Å². The summed E-state index contributed by atoms with van der Waals surface area (Å²) in [6, 6.07) is 1.88. The van der Waals surface area contributed by atoms with Crippen molar-refractivity contribution >= 4 is 0 Å². The van der Waals surface area contributed by atoms with Gasteiger partial charge in [-0.05, 0) is 6.92 Å². The Balaban J connectivity index is 2.80. The Morgan fingerprint density at radius 2 is 2.11 bits per heavy atom. The van der Waals surface area contributed by atoms with Gasteiger partial charge in [0.25, 0.3) is 0 Å². The van der Waals surface area contributed by atoms with Gasteiger partial charge in [0.2, 0.25) is 0 Å².